The molecular weight excluding hydrogens is 753 g/mol. The first kappa shape index (κ1) is 40.8. The molecule has 0 radical (unpaired) electrons. The lowest BCUT2D eigenvalue weighted by atomic mass is 10.0. The van der Waals surface area contributed by atoms with E-state index in [1.54, 1.807) is 24.9 Å². The number of alkyl carbamates (subject to hydrolysis) is 1. The Balaban J connectivity index is 1.14. The zero-order chi connectivity index (χ0) is 41.8. The minimum Gasteiger partial charge on any atom is -0.465 e. The molecule has 2 aromatic heterocycles. The molecule has 0 saturated carbocycles. The van der Waals surface area contributed by atoms with Gasteiger partial charge >= 0.3 is 12.2 Å². The third-order valence-corrected chi connectivity index (χ3v) is 11.5. The maximum atomic E-state index is 14.0. The van der Waals surface area contributed by atoms with Crippen molar-refractivity contribution in [1.29, 1.82) is 0 Å². The van der Waals surface area contributed by atoms with E-state index in [0.29, 0.717) is 43.0 Å². The first-order valence-corrected chi connectivity index (χ1v) is 20.4. The number of amides is 5. The lowest BCUT2D eigenvalue weighted by Gasteiger charge is -2.29. The van der Waals surface area contributed by atoms with Crippen molar-refractivity contribution in [2.24, 2.45) is 5.92 Å². The van der Waals surface area contributed by atoms with Crippen LogP contribution in [0, 0.1) is 5.92 Å². The molecule has 5 N–H and O–H groups in total. The second kappa shape index (κ2) is 17.6. The molecule has 2 unspecified atom stereocenters. The third-order valence-electron chi connectivity index (χ3n) is 11.5. The number of methoxy groups -OCH3 is 1. The molecule has 310 valence electrons. The number of carbonyl (C=O) groups excluding carboxylic acids is 4. The van der Waals surface area contributed by atoms with Gasteiger partial charge in [-0.2, -0.15) is 0 Å². The highest BCUT2D eigenvalue weighted by atomic mass is 16.5. The number of carboxylic acid groups (broad SMARTS) is 1. The quantitative estimate of drug-likeness (QED) is 0.0843. The summed E-state index contributed by atoms with van der Waals surface area (Å²) in [6.07, 6.45) is 4.40. The van der Waals surface area contributed by atoms with E-state index in [2.05, 4.69) is 50.6 Å². The Morgan fingerprint density at radius 1 is 0.898 bits per heavy atom. The van der Waals surface area contributed by atoms with Crippen LogP contribution in [0.5, 0.6) is 0 Å². The van der Waals surface area contributed by atoms with Crippen LogP contribution in [0.1, 0.15) is 82.8 Å². The normalized spacial score (nSPS) is 17.6. The Morgan fingerprint density at radius 3 is 2.32 bits per heavy atom. The fourth-order valence-corrected chi connectivity index (χ4v) is 8.49. The maximum Gasteiger partial charge on any atom is 0.407 e. The van der Waals surface area contributed by atoms with Gasteiger partial charge in [-0.15, -0.1) is 0 Å². The third kappa shape index (κ3) is 8.45. The van der Waals surface area contributed by atoms with Crippen molar-refractivity contribution in [3.63, 3.8) is 0 Å². The summed E-state index contributed by atoms with van der Waals surface area (Å²) in [6.45, 7) is 7.35. The van der Waals surface area contributed by atoms with Crippen LogP contribution in [-0.2, 0) is 25.7 Å². The van der Waals surface area contributed by atoms with Crippen LogP contribution >= 0.6 is 0 Å². The number of unbranched alkanes of at least 4 members (excludes halogenated alkanes) is 1. The van der Waals surface area contributed by atoms with Gasteiger partial charge in [0, 0.05) is 47.2 Å². The number of anilines is 1. The minimum atomic E-state index is -1.28. The molecule has 0 bridgehead atoms. The topological polar surface area (TPSA) is 191 Å². The average Bonchev–Trinajstić information content (AvgIpc) is 4.06. The monoisotopic (exact) mass is 804 g/mol. The summed E-state index contributed by atoms with van der Waals surface area (Å²) >= 11 is 0. The average molecular weight is 805 g/mol. The minimum absolute atomic E-state index is 0.235. The summed E-state index contributed by atoms with van der Waals surface area (Å²) in [5, 5.41) is 19.5. The highest BCUT2D eigenvalue weighted by Gasteiger charge is 2.39. The highest BCUT2D eigenvalue weighted by Crippen LogP contribution is 2.37. The second-order valence-corrected chi connectivity index (χ2v) is 15.7. The van der Waals surface area contributed by atoms with Gasteiger partial charge in [-0.05, 0) is 61.8 Å². The van der Waals surface area contributed by atoms with Gasteiger partial charge in [0.1, 0.15) is 23.9 Å². The number of carbonyl (C=O) groups is 5. The molecule has 7 rings (SSSR count). The number of hydrogen-bond donors (Lipinski definition) is 5. The van der Waals surface area contributed by atoms with Crippen molar-refractivity contribution in [1.82, 2.24) is 35.0 Å². The van der Waals surface area contributed by atoms with E-state index in [9.17, 15) is 29.1 Å². The first-order chi connectivity index (χ1) is 28.5. The van der Waals surface area contributed by atoms with E-state index in [0.717, 1.165) is 65.3 Å². The molecule has 4 heterocycles. The number of imidazole rings is 1. The molecule has 2 aliphatic rings. The number of rotatable bonds is 13. The van der Waals surface area contributed by atoms with Crippen molar-refractivity contribution in [2.75, 3.05) is 25.5 Å². The Morgan fingerprint density at radius 2 is 1.61 bits per heavy atom. The Bertz CT molecular complexity index is 2350. The van der Waals surface area contributed by atoms with Crippen molar-refractivity contribution >= 4 is 57.4 Å². The lowest BCUT2D eigenvalue weighted by Crippen LogP contribution is -2.54. The zero-order valence-corrected chi connectivity index (χ0v) is 33.9. The number of benzene rings is 3. The number of nitrogens with one attached hydrogen (secondary N) is 4. The number of aromatic amines is 1. The Labute approximate surface area is 342 Å². The van der Waals surface area contributed by atoms with Crippen LogP contribution in [0.4, 0.5) is 15.3 Å². The van der Waals surface area contributed by atoms with Crippen molar-refractivity contribution in [3.8, 4) is 11.3 Å². The number of aromatic nitrogens is 3. The van der Waals surface area contributed by atoms with Gasteiger partial charge in [-0.25, -0.2) is 14.6 Å². The Hall–Kier alpha value is -6.38. The largest absolute Gasteiger partial charge is 0.465 e. The molecule has 15 nitrogen and oxygen atoms in total. The summed E-state index contributed by atoms with van der Waals surface area (Å²) in [6, 6.07) is 18.4. The van der Waals surface area contributed by atoms with Crippen molar-refractivity contribution in [2.45, 2.75) is 90.0 Å². The van der Waals surface area contributed by atoms with Gasteiger partial charge in [0.05, 0.1) is 30.6 Å². The number of hydrogen-bond acceptors (Lipinski definition) is 7. The van der Waals surface area contributed by atoms with Crippen LogP contribution in [0.2, 0.25) is 0 Å². The molecule has 15 heteroatoms. The number of nitrogens with zero attached hydrogens (tertiary/aromatic N) is 4. The van der Waals surface area contributed by atoms with Gasteiger partial charge in [0.15, 0.2) is 0 Å². The van der Waals surface area contributed by atoms with E-state index in [1.807, 2.05) is 48.5 Å². The SMILES string of the molecule is CCCCn1c2cc(NC(=O)[C@@H]3CCCN3C(=O)C(NC(=O)O)C(C)C)ccc2c2ccc(-c3cnc([C@@H]4CCCN4C(=O)C(NC(=O)OC)c4ccccc4)[nH]3)cc21. The highest BCUT2D eigenvalue weighted by molar-refractivity contribution is 6.10. The molecule has 4 atom stereocenters. The smallest absolute Gasteiger partial charge is 0.407 e. The van der Waals surface area contributed by atoms with E-state index >= 15 is 0 Å². The van der Waals surface area contributed by atoms with Crippen LogP contribution in [0.25, 0.3) is 33.1 Å². The van der Waals surface area contributed by atoms with Crippen LogP contribution in [0.15, 0.2) is 72.9 Å². The molecule has 2 aliphatic heterocycles. The van der Waals surface area contributed by atoms with Crippen LogP contribution in [-0.4, -0.2) is 91.6 Å². The van der Waals surface area contributed by atoms with Crippen molar-refractivity contribution in [3.05, 3.63) is 84.3 Å². The number of aryl methyl sites for hydroxylation is 1. The van der Waals surface area contributed by atoms with E-state index in [4.69, 9.17) is 9.72 Å². The van der Waals surface area contributed by atoms with Gasteiger partial charge in [-0.1, -0.05) is 75.7 Å². The second-order valence-electron chi connectivity index (χ2n) is 15.7. The van der Waals surface area contributed by atoms with Crippen molar-refractivity contribution < 1.29 is 33.8 Å². The summed E-state index contributed by atoms with van der Waals surface area (Å²) < 4.78 is 7.12. The number of ether oxygens (including phenoxy) is 1. The molecule has 59 heavy (non-hydrogen) atoms. The van der Waals surface area contributed by atoms with Crippen LogP contribution < -0.4 is 16.0 Å². The molecular formula is C44H52N8O7. The first-order valence-electron chi connectivity index (χ1n) is 20.4. The zero-order valence-electron chi connectivity index (χ0n) is 33.9. The molecule has 3 aromatic carbocycles. The number of fused-ring (bicyclic) bond motifs is 3. The lowest BCUT2D eigenvalue weighted by molar-refractivity contribution is -0.139. The standard InChI is InChI=1S/C44H52N8O7/c1-5-6-20-50-35-23-28(32-25-45-39(47-32)33-14-10-21-51(33)42(55)38(49-44(58)59-4)27-12-8-7-9-13-27)16-18-30(35)31-19-17-29(24-36(31)50)46-40(53)34-15-11-22-52(34)41(54)37(26(2)3)48-43(56)57/h7-9,12-13,16-19,23-26,33-34,37-38,48H,5-6,10-11,14-15,20-22H2,1-4H3,(H,45,47)(H,46,53)(H,49,58)(H,56,57)/t33-,34-,37?,38?/m0/s1. The predicted octanol–water partition coefficient (Wildman–Crippen LogP) is 6.97. The maximum absolute atomic E-state index is 14.0. The summed E-state index contributed by atoms with van der Waals surface area (Å²) in [7, 11) is 1.27. The molecule has 5 amide bonds. The molecule has 2 fully saturated rings. The summed E-state index contributed by atoms with van der Waals surface area (Å²) in [5.74, 6) is -0.547. The fourth-order valence-electron chi connectivity index (χ4n) is 8.49. The van der Waals surface area contributed by atoms with Gasteiger partial charge < -0.3 is 45.1 Å². The molecule has 2 saturated heterocycles. The van der Waals surface area contributed by atoms with Gasteiger partial charge in [0.2, 0.25) is 11.8 Å². The molecule has 5 aromatic rings. The van der Waals surface area contributed by atoms with E-state index in [1.165, 1.54) is 12.0 Å². The summed E-state index contributed by atoms with van der Waals surface area (Å²) in [5.41, 5.74) is 5.00. The van der Waals surface area contributed by atoms with E-state index in [-0.39, 0.29) is 23.8 Å². The Kier molecular flexibility index (Phi) is 12.2. The van der Waals surface area contributed by atoms with Crippen LogP contribution in [0.3, 0.4) is 0 Å². The molecule has 0 aliphatic carbocycles. The van der Waals surface area contributed by atoms with E-state index < -0.39 is 36.2 Å². The fraction of sp³-hybridized carbons (Fsp3) is 0.409. The predicted molar refractivity (Wildman–Crippen MR) is 223 cm³/mol. The summed E-state index contributed by atoms with van der Waals surface area (Å²) in [4.78, 5) is 76.5. The van der Waals surface area contributed by atoms with Gasteiger partial charge in [-0.3, -0.25) is 14.4 Å². The van der Waals surface area contributed by atoms with Gasteiger partial charge in [0.25, 0.3) is 5.91 Å². The molecule has 0 spiro atoms. The number of likely N-dealkylation sites (tertiary alicyclic amines) is 2. The number of H-pyrrole nitrogens is 1.